The van der Waals surface area contributed by atoms with E-state index >= 15 is 0 Å². The molecule has 0 aliphatic heterocycles. The molecule has 0 aliphatic rings. The summed E-state index contributed by atoms with van der Waals surface area (Å²) in [5.74, 6) is 0.773. The van der Waals surface area contributed by atoms with Crippen LogP contribution >= 0.6 is 0 Å². The van der Waals surface area contributed by atoms with Gasteiger partial charge in [-0.25, -0.2) is 9.59 Å². The quantitative estimate of drug-likeness (QED) is 0.255. The molecule has 3 aromatic rings. The summed E-state index contributed by atoms with van der Waals surface area (Å²) in [6.07, 6.45) is 3.74. The normalized spacial score (nSPS) is 11.7. The lowest BCUT2D eigenvalue weighted by Crippen LogP contribution is -2.28. The molecule has 0 unspecified atom stereocenters. The zero-order valence-electron chi connectivity index (χ0n) is 22.1. The maximum atomic E-state index is 12.1. The Morgan fingerprint density at radius 2 is 1.58 bits per heavy atom. The Labute approximate surface area is 223 Å². The highest BCUT2D eigenvalue weighted by Gasteiger charge is 2.20. The lowest BCUT2D eigenvalue weighted by molar-refractivity contribution is -0.156. The minimum atomic E-state index is -0.610. The fourth-order valence-electron chi connectivity index (χ4n) is 3.64. The zero-order chi connectivity index (χ0) is 27.2. The summed E-state index contributed by atoms with van der Waals surface area (Å²) >= 11 is 0. The van der Waals surface area contributed by atoms with Crippen LogP contribution in [-0.4, -0.2) is 45.0 Å². The molecule has 0 radical (unpaired) electrons. The number of carbonyl (C=O) groups excluding carboxylic acids is 2. The highest BCUT2D eigenvalue weighted by molar-refractivity contribution is 5.89. The predicted octanol–water partition coefficient (Wildman–Crippen LogP) is 5.66. The van der Waals surface area contributed by atoms with Gasteiger partial charge in [0.25, 0.3) is 0 Å². The van der Waals surface area contributed by atoms with Gasteiger partial charge in [-0.1, -0.05) is 42.5 Å². The first-order valence-corrected chi connectivity index (χ1v) is 12.6. The molecule has 0 saturated carbocycles. The molecule has 0 saturated heterocycles. The van der Waals surface area contributed by atoms with Crippen molar-refractivity contribution >= 4 is 18.0 Å². The molecule has 1 atom stereocenters. The average Bonchev–Trinajstić information content (AvgIpc) is 2.95. The van der Waals surface area contributed by atoms with E-state index in [1.54, 1.807) is 19.1 Å². The number of esters is 2. The summed E-state index contributed by atoms with van der Waals surface area (Å²) in [5.41, 5.74) is 3.41. The van der Waals surface area contributed by atoms with Gasteiger partial charge in [-0.05, 0) is 73.0 Å². The molecule has 0 bridgehead atoms. The van der Waals surface area contributed by atoms with Crippen molar-refractivity contribution in [2.75, 3.05) is 26.9 Å². The van der Waals surface area contributed by atoms with Gasteiger partial charge in [0.15, 0.2) is 6.10 Å². The van der Waals surface area contributed by atoms with E-state index in [1.165, 1.54) is 7.11 Å². The Balaban J connectivity index is 1.46. The minimum Gasteiger partial charge on any atom is -0.490 e. The van der Waals surface area contributed by atoms with Crippen molar-refractivity contribution in [1.82, 2.24) is 0 Å². The number of benzene rings is 3. The summed E-state index contributed by atoms with van der Waals surface area (Å²) in [6.45, 7) is 5.20. The molecule has 0 spiro atoms. The van der Waals surface area contributed by atoms with E-state index in [4.69, 9.17) is 23.7 Å². The van der Waals surface area contributed by atoms with Crippen LogP contribution in [0.1, 0.15) is 40.9 Å². The predicted molar refractivity (Wildman–Crippen MR) is 145 cm³/mol. The summed E-state index contributed by atoms with van der Waals surface area (Å²) < 4.78 is 27.1. The number of methoxy groups -OCH3 is 1. The van der Waals surface area contributed by atoms with E-state index < -0.39 is 6.10 Å². The third-order valence-electron chi connectivity index (χ3n) is 5.56. The Morgan fingerprint density at radius 1 is 0.842 bits per heavy atom. The summed E-state index contributed by atoms with van der Waals surface area (Å²) in [5, 5.41) is 0. The van der Waals surface area contributed by atoms with E-state index in [0.717, 1.165) is 28.2 Å². The number of hydrogen-bond acceptors (Lipinski definition) is 7. The molecule has 0 amide bonds. The van der Waals surface area contributed by atoms with Crippen molar-refractivity contribution in [1.29, 1.82) is 0 Å². The fraction of sp³-hybridized carbons (Fsp3) is 0.290. The molecule has 7 nitrogen and oxygen atoms in total. The van der Waals surface area contributed by atoms with Gasteiger partial charge in [0.2, 0.25) is 0 Å². The van der Waals surface area contributed by atoms with Gasteiger partial charge in [-0.2, -0.15) is 0 Å². The van der Waals surface area contributed by atoms with Crippen molar-refractivity contribution < 1.29 is 33.3 Å². The smallest absolute Gasteiger partial charge is 0.337 e. The molecule has 38 heavy (non-hydrogen) atoms. The van der Waals surface area contributed by atoms with Gasteiger partial charge in [-0.15, -0.1) is 0 Å². The number of rotatable bonds is 14. The highest BCUT2D eigenvalue weighted by Crippen LogP contribution is 2.18. The van der Waals surface area contributed by atoms with Crippen LogP contribution < -0.4 is 9.47 Å². The Bertz CT molecular complexity index is 1180. The van der Waals surface area contributed by atoms with Crippen LogP contribution in [-0.2, 0) is 32.0 Å². The lowest BCUT2D eigenvalue weighted by atomic mass is 10.1. The molecule has 0 N–H and O–H groups in total. The maximum absolute atomic E-state index is 12.1. The number of ether oxygens (including phenoxy) is 5. The van der Waals surface area contributed by atoms with Crippen molar-refractivity contribution in [3.63, 3.8) is 0 Å². The standard InChI is InChI=1S/C31H34O7/c1-4-35-29(31(33)36-5-2)21-24-13-17-27(18-14-24)37-19-7-9-23-8-6-10-28(20-23)38-22-25-11-15-26(16-12-25)30(32)34-3/h6-18,20,29H,4-5,19,21-22H2,1-3H3/b9-7+/t29-/m0/s1. The second-order valence-electron chi connectivity index (χ2n) is 8.31. The molecule has 3 aromatic carbocycles. The monoisotopic (exact) mass is 518 g/mol. The van der Waals surface area contributed by atoms with Gasteiger partial charge in [0.1, 0.15) is 24.7 Å². The van der Waals surface area contributed by atoms with Crippen molar-refractivity contribution in [3.8, 4) is 11.5 Å². The second kappa shape index (κ2) is 15.2. The first-order valence-electron chi connectivity index (χ1n) is 12.6. The van der Waals surface area contributed by atoms with Gasteiger partial charge < -0.3 is 23.7 Å². The zero-order valence-corrected chi connectivity index (χ0v) is 22.1. The van der Waals surface area contributed by atoms with Gasteiger partial charge >= 0.3 is 11.9 Å². The SMILES string of the molecule is CCOC(=O)[C@H](Cc1ccc(OC/C=C/c2cccc(OCc3ccc(C(=O)OC)cc3)c2)cc1)OCC. The molecule has 7 heteroatoms. The number of carbonyl (C=O) groups is 2. The summed E-state index contributed by atoms with van der Waals surface area (Å²) in [4.78, 5) is 23.6. The van der Waals surface area contributed by atoms with E-state index in [-0.39, 0.29) is 11.9 Å². The molecule has 0 heterocycles. The van der Waals surface area contributed by atoms with Crippen LogP contribution in [0.15, 0.2) is 78.9 Å². The highest BCUT2D eigenvalue weighted by atomic mass is 16.6. The topological polar surface area (TPSA) is 80.3 Å². The first-order chi connectivity index (χ1) is 18.5. The van der Waals surface area contributed by atoms with E-state index in [1.807, 2.05) is 79.7 Å². The van der Waals surface area contributed by atoms with Crippen LogP contribution in [0.5, 0.6) is 11.5 Å². The molecular formula is C31H34O7. The Kier molecular flexibility index (Phi) is 11.4. The van der Waals surface area contributed by atoms with Crippen LogP contribution in [0.3, 0.4) is 0 Å². The number of hydrogen-bond donors (Lipinski definition) is 0. The molecule has 0 fully saturated rings. The van der Waals surface area contributed by atoms with Gasteiger partial charge in [0.05, 0.1) is 19.3 Å². The van der Waals surface area contributed by atoms with Crippen LogP contribution in [0, 0.1) is 0 Å². The lowest BCUT2D eigenvalue weighted by Gasteiger charge is -2.15. The maximum Gasteiger partial charge on any atom is 0.337 e. The molecule has 200 valence electrons. The Hall–Kier alpha value is -4.10. The van der Waals surface area contributed by atoms with E-state index in [0.29, 0.717) is 38.4 Å². The summed E-state index contributed by atoms with van der Waals surface area (Å²) in [6, 6.07) is 22.5. The fourth-order valence-corrected chi connectivity index (χ4v) is 3.64. The molecule has 3 rings (SSSR count). The van der Waals surface area contributed by atoms with Crippen LogP contribution in [0.2, 0.25) is 0 Å². The molecule has 0 aliphatic carbocycles. The molecular weight excluding hydrogens is 484 g/mol. The van der Waals surface area contributed by atoms with Crippen LogP contribution in [0.25, 0.3) is 6.08 Å². The van der Waals surface area contributed by atoms with Gasteiger partial charge in [-0.3, -0.25) is 0 Å². The van der Waals surface area contributed by atoms with Crippen molar-refractivity contribution in [2.24, 2.45) is 0 Å². The molecule has 0 aromatic heterocycles. The van der Waals surface area contributed by atoms with E-state index in [2.05, 4.69) is 0 Å². The van der Waals surface area contributed by atoms with Crippen molar-refractivity contribution in [2.45, 2.75) is 33.0 Å². The van der Waals surface area contributed by atoms with Crippen LogP contribution in [0.4, 0.5) is 0 Å². The third kappa shape index (κ3) is 9.09. The van der Waals surface area contributed by atoms with Crippen molar-refractivity contribution in [3.05, 3.63) is 101 Å². The van der Waals surface area contributed by atoms with E-state index in [9.17, 15) is 9.59 Å². The first kappa shape index (κ1) is 28.5. The average molecular weight is 519 g/mol. The largest absolute Gasteiger partial charge is 0.490 e. The third-order valence-corrected chi connectivity index (χ3v) is 5.56. The Morgan fingerprint density at radius 3 is 2.26 bits per heavy atom. The second-order valence-corrected chi connectivity index (χ2v) is 8.31. The van der Waals surface area contributed by atoms with Gasteiger partial charge in [0, 0.05) is 13.0 Å². The minimum absolute atomic E-state index is 0.328. The summed E-state index contributed by atoms with van der Waals surface area (Å²) in [7, 11) is 1.36.